The Morgan fingerprint density at radius 2 is 2.31 bits per heavy atom. The Morgan fingerprint density at radius 1 is 1.62 bits per heavy atom. The summed E-state index contributed by atoms with van der Waals surface area (Å²) in [5.41, 5.74) is -1.14. The largest absolute Gasteiger partial charge is 0.481 e. The number of H-pyrrole nitrogens is 1. The van der Waals surface area contributed by atoms with E-state index in [0.29, 0.717) is 5.56 Å². The zero-order chi connectivity index (χ0) is 12.2. The topological polar surface area (TPSA) is 115 Å². The first-order valence-corrected chi connectivity index (χ1v) is 4.62. The molecule has 88 valence electrons. The van der Waals surface area contributed by atoms with E-state index < -0.39 is 23.9 Å². The molecule has 4 N–H and O–H groups in total. The maximum atomic E-state index is 11.4. The molecule has 1 rings (SSSR count). The number of carbonyl (C=O) groups is 2. The lowest BCUT2D eigenvalue weighted by Crippen LogP contribution is -2.42. The first-order chi connectivity index (χ1) is 7.41. The number of carboxylic acid groups (broad SMARTS) is 1. The minimum absolute atomic E-state index is 0.136. The number of aromatic amines is 1. The van der Waals surface area contributed by atoms with Crippen molar-refractivity contribution in [2.24, 2.45) is 0 Å². The molecule has 0 aromatic carbocycles. The van der Waals surface area contributed by atoms with Gasteiger partial charge in [-0.3, -0.25) is 14.7 Å². The van der Waals surface area contributed by atoms with Gasteiger partial charge in [-0.05, 0) is 6.92 Å². The normalized spacial score (nSPS) is 14.1. The van der Waals surface area contributed by atoms with Crippen molar-refractivity contribution >= 4 is 11.9 Å². The molecule has 1 unspecified atom stereocenters. The van der Waals surface area contributed by atoms with Crippen molar-refractivity contribution in [3.8, 4) is 0 Å². The first-order valence-electron chi connectivity index (χ1n) is 4.62. The summed E-state index contributed by atoms with van der Waals surface area (Å²) in [7, 11) is 0. The van der Waals surface area contributed by atoms with Crippen LogP contribution in [0.1, 0.15) is 23.7 Å². The highest BCUT2D eigenvalue weighted by Crippen LogP contribution is 2.07. The first kappa shape index (κ1) is 12.2. The lowest BCUT2D eigenvalue weighted by molar-refractivity contribution is -0.141. The molecule has 0 radical (unpaired) electrons. The second-order valence-corrected chi connectivity index (χ2v) is 3.74. The van der Waals surface area contributed by atoms with Crippen molar-refractivity contribution < 1.29 is 19.8 Å². The van der Waals surface area contributed by atoms with Gasteiger partial charge in [-0.15, -0.1) is 0 Å². The molecule has 1 aromatic heterocycles. The standard InChI is InChI=1S/C9H13N3O4/c1-9(16,2-7(13)14)5-10-8(15)6-3-11-12-4-6/h3-4,16H,2,5H2,1H3,(H,10,15)(H,11,12)(H,13,14). The van der Waals surface area contributed by atoms with E-state index in [4.69, 9.17) is 5.11 Å². The van der Waals surface area contributed by atoms with E-state index in [1.807, 2.05) is 0 Å². The lowest BCUT2D eigenvalue weighted by Gasteiger charge is -2.21. The molecular formula is C9H13N3O4. The van der Waals surface area contributed by atoms with Gasteiger partial charge in [0.1, 0.15) is 0 Å². The van der Waals surface area contributed by atoms with Gasteiger partial charge in [0.15, 0.2) is 0 Å². The number of hydrogen-bond acceptors (Lipinski definition) is 4. The minimum Gasteiger partial charge on any atom is -0.481 e. The molecule has 1 atom stereocenters. The van der Waals surface area contributed by atoms with Gasteiger partial charge in [0.25, 0.3) is 5.91 Å². The Morgan fingerprint density at radius 3 is 2.81 bits per heavy atom. The molecule has 0 aliphatic carbocycles. The number of carboxylic acids is 1. The second kappa shape index (κ2) is 4.75. The fraction of sp³-hybridized carbons (Fsp3) is 0.444. The smallest absolute Gasteiger partial charge is 0.306 e. The molecule has 7 nitrogen and oxygen atoms in total. The van der Waals surface area contributed by atoms with Gasteiger partial charge in [0.2, 0.25) is 0 Å². The number of hydrogen-bond donors (Lipinski definition) is 4. The van der Waals surface area contributed by atoms with Gasteiger partial charge >= 0.3 is 5.97 Å². The second-order valence-electron chi connectivity index (χ2n) is 3.74. The van der Waals surface area contributed by atoms with E-state index in [2.05, 4.69) is 15.5 Å². The third-order valence-electron chi connectivity index (χ3n) is 1.92. The maximum absolute atomic E-state index is 11.4. The summed E-state index contributed by atoms with van der Waals surface area (Å²) >= 11 is 0. The monoisotopic (exact) mass is 227 g/mol. The Labute approximate surface area is 91.5 Å². The summed E-state index contributed by atoms with van der Waals surface area (Å²) in [6, 6.07) is 0. The van der Waals surface area contributed by atoms with Crippen LogP contribution in [0.5, 0.6) is 0 Å². The van der Waals surface area contributed by atoms with Crippen LogP contribution in [0.15, 0.2) is 12.4 Å². The zero-order valence-electron chi connectivity index (χ0n) is 8.73. The average molecular weight is 227 g/mol. The third kappa shape index (κ3) is 3.70. The van der Waals surface area contributed by atoms with E-state index >= 15 is 0 Å². The van der Waals surface area contributed by atoms with Crippen molar-refractivity contribution in [2.75, 3.05) is 6.54 Å². The van der Waals surface area contributed by atoms with Crippen molar-refractivity contribution in [3.05, 3.63) is 18.0 Å². The molecule has 0 saturated carbocycles. The van der Waals surface area contributed by atoms with Crippen LogP contribution < -0.4 is 5.32 Å². The predicted molar refractivity (Wildman–Crippen MR) is 53.8 cm³/mol. The van der Waals surface area contributed by atoms with E-state index in [0.717, 1.165) is 0 Å². The fourth-order valence-electron chi connectivity index (χ4n) is 1.14. The van der Waals surface area contributed by atoms with Crippen molar-refractivity contribution in [1.82, 2.24) is 15.5 Å². The Kier molecular flexibility index (Phi) is 3.62. The third-order valence-corrected chi connectivity index (χ3v) is 1.92. The summed E-state index contributed by atoms with van der Waals surface area (Å²) in [6.07, 6.45) is 2.31. The SMILES string of the molecule is CC(O)(CNC(=O)c1cn[nH]c1)CC(=O)O. The van der Waals surface area contributed by atoms with Crippen LogP contribution in [0.2, 0.25) is 0 Å². The molecular weight excluding hydrogens is 214 g/mol. The van der Waals surface area contributed by atoms with Crippen LogP contribution in [0.25, 0.3) is 0 Å². The van der Waals surface area contributed by atoms with Crippen LogP contribution in [0.3, 0.4) is 0 Å². The summed E-state index contributed by atoms with van der Waals surface area (Å²) < 4.78 is 0. The molecule has 0 bridgehead atoms. The number of nitrogens with one attached hydrogen (secondary N) is 2. The number of aliphatic hydroxyl groups is 1. The number of amides is 1. The number of carbonyl (C=O) groups excluding carboxylic acids is 1. The number of aliphatic carboxylic acids is 1. The summed E-state index contributed by atoms with van der Waals surface area (Å²) in [5, 5.41) is 26.6. The van der Waals surface area contributed by atoms with Crippen LogP contribution in [0, 0.1) is 0 Å². The molecule has 0 saturated heterocycles. The Balaban J connectivity index is 2.45. The maximum Gasteiger partial charge on any atom is 0.306 e. The molecule has 1 amide bonds. The number of rotatable bonds is 5. The predicted octanol–water partition coefficient (Wildman–Crippen LogP) is -0.635. The summed E-state index contributed by atoms with van der Waals surface area (Å²) in [5.74, 6) is -1.54. The molecule has 0 aliphatic rings. The van der Waals surface area contributed by atoms with Gasteiger partial charge in [-0.1, -0.05) is 0 Å². The Bertz CT molecular complexity index is 372. The van der Waals surface area contributed by atoms with Gasteiger partial charge in [0, 0.05) is 12.7 Å². The van der Waals surface area contributed by atoms with E-state index in [1.54, 1.807) is 0 Å². The molecule has 16 heavy (non-hydrogen) atoms. The molecule has 0 aliphatic heterocycles. The van der Waals surface area contributed by atoms with Crippen LogP contribution in [0.4, 0.5) is 0 Å². The van der Waals surface area contributed by atoms with Gasteiger partial charge in [-0.2, -0.15) is 5.10 Å². The number of nitrogens with zero attached hydrogens (tertiary/aromatic N) is 1. The van der Waals surface area contributed by atoms with Crippen molar-refractivity contribution in [2.45, 2.75) is 18.9 Å². The molecule has 1 aromatic rings. The lowest BCUT2D eigenvalue weighted by atomic mass is 10.0. The highest BCUT2D eigenvalue weighted by molar-refractivity contribution is 5.93. The quantitative estimate of drug-likeness (QED) is 0.534. The number of aromatic nitrogens is 2. The van der Waals surface area contributed by atoms with Gasteiger partial charge in [-0.25, -0.2) is 0 Å². The van der Waals surface area contributed by atoms with Gasteiger partial charge in [0.05, 0.1) is 23.8 Å². The minimum atomic E-state index is -1.47. The van der Waals surface area contributed by atoms with Crippen LogP contribution in [-0.4, -0.2) is 44.4 Å². The molecule has 7 heteroatoms. The van der Waals surface area contributed by atoms with Gasteiger partial charge < -0.3 is 15.5 Å². The molecule has 0 spiro atoms. The van der Waals surface area contributed by atoms with Crippen molar-refractivity contribution in [3.63, 3.8) is 0 Å². The average Bonchev–Trinajstić information content (AvgIpc) is 2.64. The Hall–Kier alpha value is -1.89. The highest BCUT2D eigenvalue weighted by Gasteiger charge is 2.25. The zero-order valence-corrected chi connectivity index (χ0v) is 8.73. The molecule has 1 heterocycles. The van der Waals surface area contributed by atoms with E-state index in [1.165, 1.54) is 19.3 Å². The molecule has 0 fully saturated rings. The summed E-state index contributed by atoms with van der Waals surface area (Å²) in [4.78, 5) is 21.8. The van der Waals surface area contributed by atoms with Crippen LogP contribution in [-0.2, 0) is 4.79 Å². The van der Waals surface area contributed by atoms with E-state index in [-0.39, 0.29) is 6.54 Å². The van der Waals surface area contributed by atoms with E-state index in [9.17, 15) is 14.7 Å². The summed E-state index contributed by atoms with van der Waals surface area (Å²) in [6.45, 7) is 1.21. The fourth-order valence-corrected chi connectivity index (χ4v) is 1.14. The van der Waals surface area contributed by atoms with Crippen LogP contribution >= 0.6 is 0 Å². The highest BCUT2D eigenvalue weighted by atomic mass is 16.4. The van der Waals surface area contributed by atoms with Crippen molar-refractivity contribution in [1.29, 1.82) is 0 Å².